The molecule has 1 aliphatic rings. The van der Waals surface area contributed by atoms with Gasteiger partial charge in [0.2, 0.25) is 0 Å². The van der Waals surface area contributed by atoms with E-state index in [2.05, 4.69) is 21.2 Å². The first-order chi connectivity index (χ1) is 11.0. The van der Waals surface area contributed by atoms with Gasteiger partial charge in [-0.3, -0.25) is 9.69 Å². The Hall–Kier alpha value is -1.60. The standard InChI is InChI=1S/C16H19BrN2O3S/c1-4-19-15(20)12(18-16(19)23)7-10-8-13(21-5-2)14(22-6-3)9-11(10)17/h7-9H,4-6H2,1-3H3,(H,18,23)/b12-7-. The number of carbonyl (C=O) groups excluding carboxylic acids is 1. The molecule has 1 amide bonds. The van der Waals surface area contributed by atoms with Gasteiger partial charge in [0.1, 0.15) is 5.70 Å². The number of benzene rings is 1. The van der Waals surface area contributed by atoms with Crippen LogP contribution in [0.2, 0.25) is 0 Å². The van der Waals surface area contributed by atoms with Crippen LogP contribution in [-0.2, 0) is 4.79 Å². The highest BCUT2D eigenvalue weighted by atomic mass is 79.9. The molecule has 0 aromatic heterocycles. The second kappa shape index (κ2) is 7.79. The van der Waals surface area contributed by atoms with Crippen LogP contribution in [0.5, 0.6) is 11.5 Å². The molecule has 1 N–H and O–H groups in total. The molecule has 23 heavy (non-hydrogen) atoms. The van der Waals surface area contributed by atoms with Crippen molar-refractivity contribution in [2.24, 2.45) is 0 Å². The molecule has 0 radical (unpaired) electrons. The molecule has 0 saturated carbocycles. The zero-order valence-corrected chi connectivity index (χ0v) is 15.7. The first kappa shape index (κ1) is 17.7. The van der Waals surface area contributed by atoms with Crippen molar-refractivity contribution in [2.45, 2.75) is 20.8 Å². The van der Waals surface area contributed by atoms with Gasteiger partial charge in [0.15, 0.2) is 16.6 Å². The number of likely N-dealkylation sites (N-methyl/N-ethyl adjacent to an activating group) is 1. The fourth-order valence-electron chi connectivity index (χ4n) is 2.21. The monoisotopic (exact) mass is 398 g/mol. The summed E-state index contributed by atoms with van der Waals surface area (Å²) in [6, 6.07) is 3.69. The van der Waals surface area contributed by atoms with Gasteiger partial charge in [-0.1, -0.05) is 15.9 Å². The summed E-state index contributed by atoms with van der Waals surface area (Å²) in [5.74, 6) is 1.18. The molecule has 2 rings (SSSR count). The summed E-state index contributed by atoms with van der Waals surface area (Å²) in [7, 11) is 0. The maximum Gasteiger partial charge on any atom is 0.276 e. The molecule has 0 unspecified atom stereocenters. The summed E-state index contributed by atoms with van der Waals surface area (Å²) in [6.07, 6.45) is 1.76. The van der Waals surface area contributed by atoms with Crippen LogP contribution in [0.15, 0.2) is 22.3 Å². The van der Waals surface area contributed by atoms with Gasteiger partial charge in [-0.25, -0.2) is 0 Å². The third-order valence-electron chi connectivity index (χ3n) is 3.24. The van der Waals surface area contributed by atoms with E-state index in [1.54, 1.807) is 6.08 Å². The number of nitrogens with one attached hydrogen (secondary N) is 1. The zero-order chi connectivity index (χ0) is 17.0. The van der Waals surface area contributed by atoms with E-state index >= 15 is 0 Å². The number of halogens is 1. The van der Waals surface area contributed by atoms with Crippen LogP contribution in [-0.4, -0.2) is 35.7 Å². The maximum absolute atomic E-state index is 12.3. The Kier molecular flexibility index (Phi) is 6.01. The molecule has 0 bridgehead atoms. The van der Waals surface area contributed by atoms with E-state index in [0.29, 0.717) is 42.1 Å². The number of ether oxygens (including phenoxy) is 2. The lowest BCUT2D eigenvalue weighted by molar-refractivity contribution is -0.122. The van der Waals surface area contributed by atoms with Crippen molar-refractivity contribution in [2.75, 3.05) is 19.8 Å². The molecule has 5 nitrogen and oxygen atoms in total. The summed E-state index contributed by atoms with van der Waals surface area (Å²) in [5, 5.41) is 3.37. The fourth-order valence-corrected chi connectivity index (χ4v) is 2.97. The van der Waals surface area contributed by atoms with E-state index in [1.807, 2.05) is 32.9 Å². The number of thiocarbonyl (C=S) groups is 1. The van der Waals surface area contributed by atoms with E-state index in [0.717, 1.165) is 10.0 Å². The first-order valence-electron chi connectivity index (χ1n) is 7.45. The van der Waals surface area contributed by atoms with Gasteiger partial charge in [0, 0.05) is 11.0 Å². The van der Waals surface area contributed by atoms with Crippen molar-refractivity contribution in [1.82, 2.24) is 10.2 Å². The van der Waals surface area contributed by atoms with Crippen LogP contribution in [0.3, 0.4) is 0 Å². The normalized spacial score (nSPS) is 16.0. The highest BCUT2D eigenvalue weighted by Gasteiger charge is 2.29. The van der Waals surface area contributed by atoms with Crippen LogP contribution >= 0.6 is 28.1 Å². The topological polar surface area (TPSA) is 50.8 Å². The molecule has 0 spiro atoms. The largest absolute Gasteiger partial charge is 0.490 e. The van der Waals surface area contributed by atoms with Crippen molar-refractivity contribution in [3.05, 3.63) is 27.9 Å². The highest BCUT2D eigenvalue weighted by Crippen LogP contribution is 2.35. The van der Waals surface area contributed by atoms with Crippen molar-refractivity contribution in [3.8, 4) is 11.5 Å². The lowest BCUT2D eigenvalue weighted by Gasteiger charge is -2.13. The Balaban J connectivity index is 2.40. The minimum absolute atomic E-state index is 0.128. The molecule has 1 saturated heterocycles. The van der Waals surface area contributed by atoms with Crippen LogP contribution in [0, 0.1) is 0 Å². The number of rotatable bonds is 6. The van der Waals surface area contributed by atoms with Crippen molar-refractivity contribution < 1.29 is 14.3 Å². The number of nitrogens with zero attached hydrogens (tertiary/aromatic N) is 1. The lowest BCUT2D eigenvalue weighted by atomic mass is 10.1. The number of hydrogen-bond donors (Lipinski definition) is 1. The van der Waals surface area contributed by atoms with Gasteiger partial charge in [-0.15, -0.1) is 0 Å². The Morgan fingerprint density at radius 2 is 1.83 bits per heavy atom. The summed E-state index contributed by atoms with van der Waals surface area (Å²) in [4.78, 5) is 13.8. The molecule has 1 aromatic rings. The number of carbonyl (C=O) groups is 1. The second-order valence-electron chi connectivity index (χ2n) is 4.72. The van der Waals surface area contributed by atoms with Gasteiger partial charge in [0.25, 0.3) is 5.91 Å². The summed E-state index contributed by atoms with van der Waals surface area (Å²) < 4.78 is 12.0. The van der Waals surface area contributed by atoms with Crippen molar-refractivity contribution in [3.63, 3.8) is 0 Å². The van der Waals surface area contributed by atoms with E-state index < -0.39 is 0 Å². The van der Waals surface area contributed by atoms with Gasteiger partial charge in [-0.05, 0) is 56.8 Å². The quantitative estimate of drug-likeness (QED) is 0.588. The van der Waals surface area contributed by atoms with Crippen molar-refractivity contribution >= 4 is 45.2 Å². The minimum Gasteiger partial charge on any atom is -0.490 e. The average Bonchev–Trinajstić information content (AvgIpc) is 2.78. The molecular formula is C16H19BrN2O3S. The Morgan fingerprint density at radius 1 is 1.22 bits per heavy atom. The van der Waals surface area contributed by atoms with Crippen LogP contribution < -0.4 is 14.8 Å². The highest BCUT2D eigenvalue weighted by molar-refractivity contribution is 9.10. The first-order valence-corrected chi connectivity index (χ1v) is 8.65. The molecular weight excluding hydrogens is 380 g/mol. The van der Waals surface area contributed by atoms with Gasteiger partial charge in [0.05, 0.1) is 13.2 Å². The van der Waals surface area contributed by atoms with E-state index in [4.69, 9.17) is 21.7 Å². The Bertz CT molecular complexity index is 661. The molecule has 0 aliphatic carbocycles. The second-order valence-corrected chi connectivity index (χ2v) is 5.97. The molecule has 1 aromatic carbocycles. The minimum atomic E-state index is -0.128. The van der Waals surface area contributed by atoms with Crippen LogP contribution in [0.1, 0.15) is 26.3 Å². The summed E-state index contributed by atoms with van der Waals surface area (Å²) >= 11 is 8.67. The van der Waals surface area contributed by atoms with Crippen molar-refractivity contribution in [1.29, 1.82) is 0 Å². The van der Waals surface area contributed by atoms with Gasteiger partial charge < -0.3 is 14.8 Å². The maximum atomic E-state index is 12.3. The van der Waals surface area contributed by atoms with Crippen LogP contribution in [0.25, 0.3) is 6.08 Å². The molecule has 124 valence electrons. The number of hydrogen-bond acceptors (Lipinski definition) is 4. The SMILES string of the molecule is CCOc1cc(Br)c(/C=C2\NC(=S)N(CC)C2=O)cc1OCC. The predicted molar refractivity (Wildman–Crippen MR) is 97.6 cm³/mol. The number of amides is 1. The summed E-state index contributed by atoms with van der Waals surface area (Å²) in [6.45, 7) is 7.33. The summed E-state index contributed by atoms with van der Waals surface area (Å²) in [5.41, 5.74) is 1.26. The molecule has 1 aliphatic heterocycles. The fraction of sp³-hybridized carbons (Fsp3) is 0.375. The Labute approximate surface area is 149 Å². The molecule has 0 atom stereocenters. The molecule has 7 heteroatoms. The van der Waals surface area contributed by atoms with E-state index in [9.17, 15) is 4.79 Å². The zero-order valence-electron chi connectivity index (χ0n) is 13.3. The lowest BCUT2D eigenvalue weighted by Crippen LogP contribution is -2.30. The average molecular weight is 399 g/mol. The van der Waals surface area contributed by atoms with Crippen LogP contribution in [0.4, 0.5) is 0 Å². The van der Waals surface area contributed by atoms with E-state index in [-0.39, 0.29) is 5.91 Å². The van der Waals surface area contributed by atoms with Gasteiger partial charge >= 0.3 is 0 Å². The Morgan fingerprint density at radius 3 is 2.35 bits per heavy atom. The van der Waals surface area contributed by atoms with Gasteiger partial charge in [-0.2, -0.15) is 0 Å². The smallest absolute Gasteiger partial charge is 0.276 e. The molecule has 1 heterocycles. The third-order valence-corrected chi connectivity index (χ3v) is 4.25. The third kappa shape index (κ3) is 3.84. The molecule has 1 fully saturated rings. The predicted octanol–water partition coefficient (Wildman–Crippen LogP) is 3.32. The van der Waals surface area contributed by atoms with E-state index in [1.165, 1.54) is 4.90 Å².